The molecule has 2 heterocycles. The zero-order valence-electron chi connectivity index (χ0n) is 11.3. The van der Waals surface area contributed by atoms with E-state index in [2.05, 4.69) is 20.5 Å². The Labute approximate surface area is 121 Å². The van der Waals surface area contributed by atoms with Gasteiger partial charge in [0.2, 0.25) is 0 Å². The van der Waals surface area contributed by atoms with Gasteiger partial charge < -0.3 is 5.32 Å². The number of anilines is 1. The molecule has 0 amide bonds. The van der Waals surface area contributed by atoms with Crippen molar-refractivity contribution in [3.05, 3.63) is 47.8 Å². The molecular weight excluding hydrogens is 269 g/mol. The molecule has 1 aliphatic carbocycles. The molecule has 1 fully saturated rings. The number of halogens is 1. The van der Waals surface area contributed by atoms with Gasteiger partial charge in [-0.15, -0.1) is 5.10 Å². The number of aromatic nitrogens is 3. The van der Waals surface area contributed by atoms with Crippen LogP contribution in [-0.4, -0.2) is 21.7 Å². The number of hydrogen-bond donors (Lipinski definition) is 1. The third-order valence-corrected chi connectivity index (χ3v) is 3.80. The third-order valence-electron chi connectivity index (χ3n) is 3.80. The Morgan fingerprint density at radius 1 is 1.33 bits per heavy atom. The van der Waals surface area contributed by atoms with E-state index in [1.165, 1.54) is 18.3 Å². The molecule has 3 rings (SSSR count). The molecule has 0 spiro atoms. The summed E-state index contributed by atoms with van der Waals surface area (Å²) < 4.78 is 13.1. The summed E-state index contributed by atoms with van der Waals surface area (Å²) in [4.78, 5) is 4.22. The van der Waals surface area contributed by atoms with Gasteiger partial charge in [-0.2, -0.15) is 10.4 Å². The van der Waals surface area contributed by atoms with Crippen LogP contribution in [0.25, 0.3) is 0 Å². The van der Waals surface area contributed by atoms with Gasteiger partial charge in [-0.3, -0.25) is 4.98 Å². The van der Waals surface area contributed by atoms with Crippen molar-refractivity contribution in [1.82, 2.24) is 15.2 Å². The number of nitriles is 1. The van der Waals surface area contributed by atoms with Crippen LogP contribution in [0.2, 0.25) is 0 Å². The number of nitrogens with zero attached hydrogens (tertiary/aromatic N) is 4. The van der Waals surface area contributed by atoms with Gasteiger partial charge in [-0.25, -0.2) is 4.39 Å². The predicted octanol–water partition coefficient (Wildman–Crippen LogP) is 2.49. The van der Waals surface area contributed by atoms with Gasteiger partial charge in [0, 0.05) is 24.4 Å². The molecule has 1 aliphatic rings. The molecule has 106 valence electrons. The maximum Gasteiger partial charge on any atom is 0.186 e. The second-order valence-electron chi connectivity index (χ2n) is 5.22. The van der Waals surface area contributed by atoms with Gasteiger partial charge in [-0.1, -0.05) is 0 Å². The van der Waals surface area contributed by atoms with Crippen LogP contribution in [0.15, 0.2) is 30.6 Å². The zero-order valence-corrected chi connectivity index (χ0v) is 11.3. The van der Waals surface area contributed by atoms with Crippen LogP contribution < -0.4 is 5.32 Å². The van der Waals surface area contributed by atoms with E-state index >= 15 is 0 Å². The first-order chi connectivity index (χ1) is 10.3. The molecule has 0 radical (unpaired) electrons. The number of pyridine rings is 1. The first kappa shape index (κ1) is 13.4. The van der Waals surface area contributed by atoms with Crippen molar-refractivity contribution in [2.24, 2.45) is 5.92 Å². The van der Waals surface area contributed by atoms with Gasteiger partial charge in [0.25, 0.3) is 0 Å². The fraction of sp³-hybridized carbons (Fsp3) is 0.333. The first-order valence-electron chi connectivity index (χ1n) is 6.83. The molecule has 2 aromatic heterocycles. The SMILES string of the molecule is N#Cc1nnccc1NCC1CC(c2cc(F)ccn2)C1. The zero-order chi connectivity index (χ0) is 14.7. The summed E-state index contributed by atoms with van der Waals surface area (Å²) in [6.45, 7) is 0.770. The maximum absolute atomic E-state index is 13.1. The summed E-state index contributed by atoms with van der Waals surface area (Å²) in [7, 11) is 0. The van der Waals surface area contributed by atoms with E-state index in [-0.39, 0.29) is 5.82 Å². The van der Waals surface area contributed by atoms with Crippen LogP contribution in [0.4, 0.5) is 10.1 Å². The molecule has 0 unspecified atom stereocenters. The molecule has 1 N–H and O–H groups in total. The average molecular weight is 283 g/mol. The molecule has 5 nitrogen and oxygen atoms in total. The lowest BCUT2D eigenvalue weighted by atomic mass is 9.73. The molecule has 1 saturated carbocycles. The van der Waals surface area contributed by atoms with Crippen molar-refractivity contribution >= 4 is 5.69 Å². The maximum atomic E-state index is 13.1. The minimum absolute atomic E-state index is 0.233. The third kappa shape index (κ3) is 2.97. The van der Waals surface area contributed by atoms with E-state index in [9.17, 15) is 4.39 Å². The van der Waals surface area contributed by atoms with Crippen LogP contribution in [0, 0.1) is 23.1 Å². The standard InChI is InChI=1S/C15H14FN5/c16-12-1-3-18-14(7-12)11-5-10(6-11)9-19-13-2-4-20-21-15(13)8-17/h1-4,7,10-11H,5-6,9H2,(H,19,20). The Morgan fingerprint density at radius 2 is 2.19 bits per heavy atom. The largest absolute Gasteiger partial charge is 0.382 e. The van der Waals surface area contributed by atoms with E-state index in [4.69, 9.17) is 5.26 Å². The van der Waals surface area contributed by atoms with Gasteiger partial charge in [-0.05, 0) is 37.0 Å². The van der Waals surface area contributed by atoms with Crippen LogP contribution in [0.5, 0.6) is 0 Å². The summed E-state index contributed by atoms with van der Waals surface area (Å²) >= 11 is 0. The summed E-state index contributed by atoms with van der Waals surface area (Å²) in [5.41, 5.74) is 1.84. The van der Waals surface area contributed by atoms with E-state index in [0.717, 1.165) is 25.1 Å². The van der Waals surface area contributed by atoms with Gasteiger partial charge in [0.1, 0.15) is 11.9 Å². The fourth-order valence-corrected chi connectivity index (χ4v) is 2.60. The molecule has 0 aliphatic heterocycles. The monoisotopic (exact) mass is 283 g/mol. The predicted molar refractivity (Wildman–Crippen MR) is 74.9 cm³/mol. The molecule has 0 bridgehead atoms. The van der Waals surface area contributed by atoms with Crippen molar-refractivity contribution in [2.75, 3.05) is 11.9 Å². The average Bonchev–Trinajstić information content (AvgIpc) is 2.46. The van der Waals surface area contributed by atoms with Crippen LogP contribution in [0.1, 0.15) is 30.1 Å². The summed E-state index contributed by atoms with van der Waals surface area (Å²) in [5.74, 6) is 0.598. The molecule has 6 heteroatoms. The van der Waals surface area contributed by atoms with E-state index < -0.39 is 0 Å². The Bertz CT molecular complexity index is 676. The summed E-state index contributed by atoms with van der Waals surface area (Å²) in [6.07, 6.45) is 5.02. The molecule has 2 aromatic rings. The van der Waals surface area contributed by atoms with E-state index in [1.54, 1.807) is 12.3 Å². The topological polar surface area (TPSA) is 74.5 Å². The lowest BCUT2D eigenvalue weighted by Crippen LogP contribution is -2.29. The minimum atomic E-state index is -0.233. The molecular formula is C15H14FN5. The highest BCUT2D eigenvalue weighted by molar-refractivity contribution is 5.52. The van der Waals surface area contributed by atoms with Crippen molar-refractivity contribution in [3.63, 3.8) is 0 Å². The van der Waals surface area contributed by atoms with E-state index in [1.807, 2.05) is 6.07 Å². The first-order valence-corrected chi connectivity index (χ1v) is 6.83. The summed E-state index contributed by atoms with van der Waals surface area (Å²) in [5, 5.41) is 19.6. The smallest absolute Gasteiger partial charge is 0.186 e. The van der Waals surface area contributed by atoms with Crippen molar-refractivity contribution in [2.45, 2.75) is 18.8 Å². The second kappa shape index (κ2) is 5.83. The molecule has 21 heavy (non-hydrogen) atoms. The Morgan fingerprint density at radius 3 is 2.95 bits per heavy atom. The normalized spacial score (nSPS) is 20.4. The summed E-state index contributed by atoms with van der Waals surface area (Å²) in [6, 6.07) is 6.63. The van der Waals surface area contributed by atoms with Gasteiger partial charge >= 0.3 is 0 Å². The number of rotatable bonds is 4. The molecule has 0 saturated heterocycles. The number of hydrogen-bond acceptors (Lipinski definition) is 5. The Kier molecular flexibility index (Phi) is 3.73. The second-order valence-corrected chi connectivity index (χ2v) is 5.22. The highest BCUT2D eigenvalue weighted by Crippen LogP contribution is 2.40. The molecule has 0 atom stereocenters. The fourth-order valence-electron chi connectivity index (χ4n) is 2.60. The van der Waals surface area contributed by atoms with Crippen molar-refractivity contribution in [3.8, 4) is 6.07 Å². The van der Waals surface area contributed by atoms with Crippen LogP contribution in [-0.2, 0) is 0 Å². The van der Waals surface area contributed by atoms with Crippen LogP contribution in [0.3, 0.4) is 0 Å². The minimum Gasteiger partial charge on any atom is -0.382 e. The van der Waals surface area contributed by atoms with Gasteiger partial charge in [0.15, 0.2) is 5.69 Å². The highest BCUT2D eigenvalue weighted by atomic mass is 19.1. The highest BCUT2D eigenvalue weighted by Gasteiger charge is 2.31. The Hall–Kier alpha value is -2.55. The van der Waals surface area contributed by atoms with E-state index in [0.29, 0.717) is 23.2 Å². The Balaban J connectivity index is 1.53. The quantitative estimate of drug-likeness (QED) is 0.933. The van der Waals surface area contributed by atoms with Crippen LogP contribution >= 0.6 is 0 Å². The lowest BCUT2D eigenvalue weighted by Gasteiger charge is -2.35. The molecule has 0 aromatic carbocycles. The number of nitrogens with one attached hydrogen (secondary N) is 1. The van der Waals surface area contributed by atoms with Gasteiger partial charge in [0.05, 0.1) is 11.9 Å². The lowest BCUT2D eigenvalue weighted by molar-refractivity contribution is 0.273. The van der Waals surface area contributed by atoms with Crippen molar-refractivity contribution < 1.29 is 4.39 Å². The van der Waals surface area contributed by atoms with Crippen molar-refractivity contribution in [1.29, 1.82) is 5.26 Å².